The molecular formula is C20H18ClNO3S2. The summed E-state index contributed by atoms with van der Waals surface area (Å²) in [5.74, 6) is 1.25. The standard InChI is InChI=1S/C20H18ClNO3S2/c21-13-3-1-12(2-4-13)17-10-9-16(25-17)11-18-19(24)22(20(26)27-18)14-5-7-15(23)8-6-14/h1-4,9-11,14-15,23H,5-8H2. The Morgan fingerprint density at radius 1 is 1.15 bits per heavy atom. The van der Waals surface area contributed by atoms with E-state index in [1.807, 2.05) is 36.4 Å². The first-order valence-corrected chi connectivity index (χ1v) is 10.4. The number of hydrogen-bond donors (Lipinski definition) is 1. The lowest BCUT2D eigenvalue weighted by molar-refractivity contribution is -0.124. The van der Waals surface area contributed by atoms with Crippen LogP contribution in [0, 0.1) is 0 Å². The number of thiocarbonyl (C=S) groups is 1. The highest BCUT2D eigenvalue weighted by Gasteiger charge is 2.38. The molecule has 4 rings (SSSR count). The van der Waals surface area contributed by atoms with Crippen molar-refractivity contribution in [3.8, 4) is 11.3 Å². The van der Waals surface area contributed by atoms with Crippen molar-refractivity contribution in [1.82, 2.24) is 4.90 Å². The molecule has 27 heavy (non-hydrogen) atoms. The van der Waals surface area contributed by atoms with Crippen LogP contribution in [0.3, 0.4) is 0 Å². The Labute approximate surface area is 172 Å². The number of halogens is 1. The second kappa shape index (κ2) is 7.80. The first-order valence-electron chi connectivity index (χ1n) is 8.82. The molecule has 4 nitrogen and oxygen atoms in total. The third-order valence-corrected chi connectivity index (χ3v) is 6.47. The van der Waals surface area contributed by atoms with Crippen LogP contribution < -0.4 is 0 Å². The lowest BCUT2D eigenvalue weighted by Crippen LogP contribution is -2.41. The van der Waals surface area contributed by atoms with Crippen LogP contribution in [0.25, 0.3) is 17.4 Å². The third kappa shape index (κ3) is 3.99. The Morgan fingerprint density at radius 2 is 1.85 bits per heavy atom. The van der Waals surface area contributed by atoms with Gasteiger partial charge in [0.1, 0.15) is 15.8 Å². The van der Waals surface area contributed by atoms with Crippen LogP contribution in [0.1, 0.15) is 31.4 Å². The molecule has 2 heterocycles. The van der Waals surface area contributed by atoms with Crippen molar-refractivity contribution in [3.63, 3.8) is 0 Å². The molecule has 0 radical (unpaired) electrons. The van der Waals surface area contributed by atoms with Gasteiger partial charge in [-0.1, -0.05) is 35.6 Å². The number of furan rings is 1. The fraction of sp³-hybridized carbons (Fsp3) is 0.300. The number of carbonyl (C=O) groups excluding carboxylic acids is 1. The zero-order chi connectivity index (χ0) is 19.0. The average Bonchev–Trinajstić information content (AvgIpc) is 3.22. The van der Waals surface area contributed by atoms with Gasteiger partial charge in [0.05, 0.1) is 11.0 Å². The molecule has 1 aromatic heterocycles. The SMILES string of the molecule is O=C1C(=Cc2ccc(-c3ccc(Cl)cc3)o2)SC(=S)N1C1CCC(O)CC1. The van der Waals surface area contributed by atoms with Crippen LogP contribution in [0.2, 0.25) is 5.02 Å². The number of aliphatic hydroxyl groups excluding tert-OH is 1. The van der Waals surface area contributed by atoms with E-state index in [0.29, 0.717) is 32.9 Å². The predicted molar refractivity (Wildman–Crippen MR) is 112 cm³/mol. The Hall–Kier alpha value is -1.60. The molecular weight excluding hydrogens is 402 g/mol. The molecule has 1 aliphatic heterocycles. The summed E-state index contributed by atoms with van der Waals surface area (Å²) >= 11 is 12.7. The zero-order valence-corrected chi connectivity index (χ0v) is 16.8. The van der Waals surface area contributed by atoms with Crippen LogP contribution >= 0.6 is 35.6 Å². The van der Waals surface area contributed by atoms with Crippen LogP contribution in [-0.2, 0) is 4.79 Å². The average molecular weight is 420 g/mol. The Morgan fingerprint density at radius 3 is 2.56 bits per heavy atom. The number of aliphatic hydroxyl groups is 1. The van der Waals surface area contributed by atoms with Gasteiger partial charge in [-0.2, -0.15) is 0 Å². The van der Waals surface area contributed by atoms with Crippen molar-refractivity contribution in [3.05, 3.63) is 52.1 Å². The lowest BCUT2D eigenvalue weighted by atomic mass is 9.92. The highest BCUT2D eigenvalue weighted by molar-refractivity contribution is 8.26. The minimum atomic E-state index is -0.260. The molecule has 1 saturated carbocycles. The Bertz CT molecular complexity index is 898. The van der Waals surface area contributed by atoms with Crippen LogP contribution in [0.5, 0.6) is 0 Å². The summed E-state index contributed by atoms with van der Waals surface area (Å²) in [5, 5.41) is 10.4. The first kappa shape index (κ1) is 18.7. The molecule has 1 amide bonds. The predicted octanol–water partition coefficient (Wildman–Crippen LogP) is 5.10. The quantitative estimate of drug-likeness (QED) is 0.553. The first-order chi connectivity index (χ1) is 13.0. The molecule has 1 N–H and O–H groups in total. The molecule has 140 valence electrons. The number of thioether (sulfide) groups is 1. The van der Waals surface area contributed by atoms with Crippen molar-refractivity contribution >= 4 is 51.9 Å². The fourth-order valence-electron chi connectivity index (χ4n) is 3.44. The molecule has 2 aromatic rings. The van der Waals surface area contributed by atoms with Crippen molar-refractivity contribution < 1.29 is 14.3 Å². The number of hydrogen-bond acceptors (Lipinski definition) is 5. The summed E-state index contributed by atoms with van der Waals surface area (Å²) in [4.78, 5) is 15.1. The number of amides is 1. The van der Waals surface area contributed by atoms with Gasteiger partial charge in [0.2, 0.25) is 0 Å². The van der Waals surface area contributed by atoms with E-state index in [4.69, 9.17) is 28.2 Å². The van der Waals surface area contributed by atoms with E-state index in [0.717, 1.165) is 24.2 Å². The number of benzene rings is 1. The number of rotatable bonds is 3. The summed E-state index contributed by atoms with van der Waals surface area (Å²) < 4.78 is 6.45. The van der Waals surface area contributed by atoms with E-state index in [9.17, 15) is 9.90 Å². The van der Waals surface area contributed by atoms with Gasteiger partial charge in [0.15, 0.2) is 0 Å². The normalized spacial score (nSPS) is 24.8. The fourth-order valence-corrected chi connectivity index (χ4v) is 4.95. The van der Waals surface area contributed by atoms with Gasteiger partial charge in [-0.3, -0.25) is 9.69 Å². The minimum Gasteiger partial charge on any atom is -0.457 e. The van der Waals surface area contributed by atoms with Gasteiger partial charge in [-0.15, -0.1) is 0 Å². The van der Waals surface area contributed by atoms with Gasteiger partial charge >= 0.3 is 0 Å². The van der Waals surface area contributed by atoms with E-state index < -0.39 is 0 Å². The largest absolute Gasteiger partial charge is 0.457 e. The smallest absolute Gasteiger partial charge is 0.266 e. The molecule has 2 aliphatic rings. The van der Waals surface area contributed by atoms with Gasteiger partial charge in [0.25, 0.3) is 5.91 Å². The minimum absolute atomic E-state index is 0.0733. The maximum absolute atomic E-state index is 12.8. The topological polar surface area (TPSA) is 53.7 Å². The van der Waals surface area contributed by atoms with E-state index >= 15 is 0 Å². The van der Waals surface area contributed by atoms with Crippen molar-refractivity contribution in [2.45, 2.75) is 37.8 Å². The van der Waals surface area contributed by atoms with Gasteiger partial charge in [-0.05, 0) is 62.1 Å². The number of nitrogens with zero attached hydrogens (tertiary/aromatic N) is 1. The molecule has 2 fully saturated rings. The Kier molecular flexibility index (Phi) is 5.41. The molecule has 1 saturated heterocycles. The lowest BCUT2D eigenvalue weighted by Gasteiger charge is -2.32. The molecule has 7 heteroatoms. The molecule has 1 aromatic carbocycles. The summed E-state index contributed by atoms with van der Waals surface area (Å²) in [5.41, 5.74) is 0.923. The molecule has 1 aliphatic carbocycles. The van der Waals surface area contributed by atoms with Gasteiger partial charge in [-0.25, -0.2) is 0 Å². The van der Waals surface area contributed by atoms with E-state index in [2.05, 4.69) is 0 Å². The molecule has 0 unspecified atom stereocenters. The maximum atomic E-state index is 12.8. The van der Waals surface area contributed by atoms with E-state index in [-0.39, 0.29) is 18.1 Å². The summed E-state index contributed by atoms with van der Waals surface area (Å²) in [6.07, 6.45) is 4.47. The number of carbonyl (C=O) groups is 1. The van der Waals surface area contributed by atoms with E-state index in [1.165, 1.54) is 11.8 Å². The van der Waals surface area contributed by atoms with Crippen LogP contribution in [0.4, 0.5) is 0 Å². The van der Waals surface area contributed by atoms with Crippen molar-refractivity contribution in [2.75, 3.05) is 0 Å². The van der Waals surface area contributed by atoms with E-state index in [1.54, 1.807) is 11.0 Å². The maximum Gasteiger partial charge on any atom is 0.266 e. The monoisotopic (exact) mass is 419 g/mol. The van der Waals surface area contributed by atoms with Crippen LogP contribution in [-0.4, -0.2) is 32.4 Å². The highest BCUT2D eigenvalue weighted by atomic mass is 35.5. The second-order valence-corrected chi connectivity index (χ2v) is 8.84. The summed E-state index contributed by atoms with van der Waals surface area (Å²) in [7, 11) is 0. The Balaban J connectivity index is 1.52. The summed E-state index contributed by atoms with van der Waals surface area (Å²) in [6.45, 7) is 0. The summed E-state index contributed by atoms with van der Waals surface area (Å²) in [6, 6.07) is 11.2. The second-order valence-electron chi connectivity index (χ2n) is 6.72. The van der Waals surface area contributed by atoms with Gasteiger partial charge in [0, 0.05) is 22.7 Å². The molecule has 0 bridgehead atoms. The zero-order valence-electron chi connectivity index (χ0n) is 14.4. The van der Waals surface area contributed by atoms with Gasteiger partial charge < -0.3 is 9.52 Å². The van der Waals surface area contributed by atoms with Crippen molar-refractivity contribution in [2.24, 2.45) is 0 Å². The highest BCUT2D eigenvalue weighted by Crippen LogP contribution is 2.37. The molecule has 0 atom stereocenters. The third-order valence-electron chi connectivity index (χ3n) is 4.88. The van der Waals surface area contributed by atoms with Crippen molar-refractivity contribution in [1.29, 1.82) is 0 Å². The molecule has 0 spiro atoms. The van der Waals surface area contributed by atoms with Crippen LogP contribution in [0.15, 0.2) is 45.7 Å².